The quantitative estimate of drug-likeness (QED) is 0.534. The summed E-state index contributed by atoms with van der Waals surface area (Å²) in [5.74, 6) is -0.921. The second-order valence-electron chi connectivity index (χ2n) is 6.49. The van der Waals surface area contributed by atoms with E-state index in [4.69, 9.17) is 16.3 Å². The van der Waals surface area contributed by atoms with E-state index in [9.17, 15) is 18.0 Å². The minimum absolute atomic E-state index is 0.00340. The number of hydrogen-bond acceptors (Lipinski definition) is 6. The molecule has 2 atom stereocenters. The number of nitrogens with one attached hydrogen (secondary N) is 1. The summed E-state index contributed by atoms with van der Waals surface area (Å²) < 4.78 is 29.9. The number of carbonyl (C=O) groups is 2. The fourth-order valence-electron chi connectivity index (χ4n) is 2.74. The lowest BCUT2D eigenvalue weighted by Gasteiger charge is -2.11. The number of sulfone groups is 1. The van der Waals surface area contributed by atoms with E-state index < -0.39 is 21.9 Å². The molecule has 1 fully saturated rings. The molecule has 0 aromatic carbocycles. The molecule has 0 aliphatic carbocycles. The predicted octanol–water partition coefficient (Wildman–Crippen LogP) is 1.68. The van der Waals surface area contributed by atoms with E-state index in [1.165, 1.54) is 23.8 Å². The standard InChI is InChI=1S/C17H24ClN3O5S/c1-4-8-19-17(23)12(3)26-15(22)6-5-14-11(2)20-21(16(14)18)13-7-9-27(24,25)10-13/h5-6,12-13H,4,7-10H2,1-3H3,(H,19,23)/b6-5+/t12-,13-/m0/s1. The second kappa shape index (κ2) is 8.88. The average molecular weight is 418 g/mol. The summed E-state index contributed by atoms with van der Waals surface area (Å²) in [7, 11) is -3.07. The van der Waals surface area contributed by atoms with Gasteiger partial charge >= 0.3 is 5.97 Å². The summed E-state index contributed by atoms with van der Waals surface area (Å²) in [4.78, 5) is 23.7. The Kier molecular flexibility index (Phi) is 7.05. The summed E-state index contributed by atoms with van der Waals surface area (Å²) in [6, 6.07) is -0.308. The van der Waals surface area contributed by atoms with Crippen LogP contribution in [0.25, 0.3) is 6.08 Å². The van der Waals surface area contributed by atoms with Crippen molar-refractivity contribution in [2.75, 3.05) is 18.1 Å². The Morgan fingerprint density at radius 1 is 1.48 bits per heavy atom. The van der Waals surface area contributed by atoms with Crippen LogP contribution in [0, 0.1) is 6.92 Å². The van der Waals surface area contributed by atoms with Crippen LogP contribution in [0.3, 0.4) is 0 Å². The van der Waals surface area contributed by atoms with Crippen molar-refractivity contribution in [2.24, 2.45) is 0 Å². The molecule has 0 bridgehead atoms. The van der Waals surface area contributed by atoms with Gasteiger partial charge in [-0.25, -0.2) is 17.9 Å². The number of rotatable bonds is 7. The monoisotopic (exact) mass is 417 g/mol. The molecule has 1 aliphatic heterocycles. The van der Waals surface area contributed by atoms with E-state index in [1.54, 1.807) is 6.92 Å². The number of esters is 1. The first kappa shape index (κ1) is 21.4. The molecule has 1 aromatic heterocycles. The molecule has 1 aromatic rings. The first-order valence-electron chi connectivity index (χ1n) is 8.76. The highest BCUT2D eigenvalue weighted by molar-refractivity contribution is 7.91. The lowest BCUT2D eigenvalue weighted by molar-refractivity contribution is -0.150. The van der Waals surface area contributed by atoms with Crippen LogP contribution < -0.4 is 5.32 Å². The van der Waals surface area contributed by atoms with Gasteiger partial charge in [-0.1, -0.05) is 18.5 Å². The van der Waals surface area contributed by atoms with Crippen molar-refractivity contribution in [2.45, 2.75) is 45.8 Å². The molecule has 1 N–H and O–H groups in total. The summed E-state index contributed by atoms with van der Waals surface area (Å²) in [6.45, 7) is 5.65. The first-order chi connectivity index (χ1) is 12.6. The van der Waals surface area contributed by atoms with Gasteiger partial charge in [0.2, 0.25) is 0 Å². The SMILES string of the molecule is CCCNC(=O)[C@H](C)OC(=O)/C=C/c1c(C)nn([C@H]2CCS(=O)(=O)C2)c1Cl. The summed E-state index contributed by atoms with van der Waals surface area (Å²) in [5, 5.41) is 7.23. The smallest absolute Gasteiger partial charge is 0.331 e. The van der Waals surface area contributed by atoms with Crippen LogP contribution >= 0.6 is 11.6 Å². The third-order valence-corrected chi connectivity index (χ3v) is 6.35. The van der Waals surface area contributed by atoms with Crippen LogP contribution in [0.1, 0.15) is 44.0 Å². The Morgan fingerprint density at radius 3 is 2.78 bits per heavy atom. The Hall–Kier alpha value is -1.87. The van der Waals surface area contributed by atoms with Crippen molar-refractivity contribution in [1.82, 2.24) is 15.1 Å². The van der Waals surface area contributed by atoms with Gasteiger partial charge in [0.15, 0.2) is 15.9 Å². The zero-order chi connectivity index (χ0) is 20.2. The van der Waals surface area contributed by atoms with Gasteiger partial charge in [0.05, 0.1) is 23.2 Å². The predicted molar refractivity (Wildman–Crippen MR) is 102 cm³/mol. The van der Waals surface area contributed by atoms with Crippen LogP contribution in [0.2, 0.25) is 5.15 Å². The largest absolute Gasteiger partial charge is 0.449 e. The van der Waals surface area contributed by atoms with E-state index in [0.717, 1.165) is 6.42 Å². The van der Waals surface area contributed by atoms with Gasteiger partial charge in [-0.2, -0.15) is 5.10 Å². The summed E-state index contributed by atoms with van der Waals surface area (Å²) >= 11 is 6.34. The van der Waals surface area contributed by atoms with Crippen LogP contribution in [0.15, 0.2) is 6.08 Å². The van der Waals surface area contributed by atoms with Crippen molar-refractivity contribution >= 4 is 39.4 Å². The van der Waals surface area contributed by atoms with Crippen molar-refractivity contribution in [3.8, 4) is 0 Å². The number of ether oxygens (including phenoxy) is 1. The average Bonchev–Trinajstić information content (AvgIpc) is 3.09. The Bertz CT molecular complexity index is 847. The molecular weight excluding hydrogens is 394 g/mol. The van der Waals surface area contributed by atoms with Gasteiger partial charge in [0.1, 0.15) is 5.15 Å². The van der Waals surface area contributed by atoms with E-state index in [0.29, 0.717) is 24.2 Å². The Balaban J connectivity index is 2.04. The molecule has 8 nitrogen and oxygen atoms in total. The zero-order valence-electron chi connectivity index (χ0n) is 15.6. The number of aromatic nitrogens is 2. The van der Waals surface area contributed by atoms with Gasteiger partial charge in [0, 0.05) is 18.2 Å². The molecule has 150 valence electrons. The van der Waals surface area contributed by atoms with Crippen LogP contribution in [-0.4, -0.2) is 54.2 Å². The molecule has 2 heterocycles. The van der Waals surface area contributed by atoms with Crippen molar-refractivity contribution in [1.29, 1.82) is 0 Å². The van der Waals surface area contributed by atoms with Gasteiger partial charge < -0.3 is 10.1 Å². The Labute approximate surface area is 163 Å². The molecule has 1 amide bonds. The number of amides is 1. The van der Waals surface area contributed by atoms with Crippen molar-refractivity contribution in [3.63, 3.8) is 0 Å². The molecule has 0 spiro atoms. The normalized spacial score (nSPS) is 19.9. The molecule has 1 aliphatic rings. The third-order valence-electron chi connectivity index (χ3n) is 4.22. The van der Waals surface area contributed by atoms with Gasteiger partial charge in [-0.3, -0.25) is 4.79 Å². The van der Waals surface area contributed by atoms with E-state index in [1.807, 2.05) is 6.92 Å². The molecule has 2 rings (SSSR count). The minimum atomic E-state index is -3.07. The highest BCUT2D eigenvalue weighted by atomic mass is 35.5. The topological polar surface area (TPSA) is 107 Å². The molecule has 0 unspecified atom stereocenters. The van der Waals surface area contributed by atoms with Gasteiger partial charge in [-0.15, -0.1) is 0 Å². The number of carbonyl (C=O) groups excluding carboxylic acids is 2. The number of hydrogen-bond donors (Lipinski definition) is 1. The van der Waals surface area contributed by atoms with Crippen LogP contribution in [-0.2, 0) is 24.2 Å². The highest BCUT2D eigenvalue weighted by Gasteiger charge is 2.31. The summed E-state index contributed by atoms with van der Waals surface area (Å²) in [6.07, 6.45) is 2.98. The van der Waals surface area contributed by atoms with E-state index in [-0.39, 0.29) is 28.6 Å². The van der Waals surface area contributed by atoms with Crippen molar-refractivity contribution < 1.29 is 22.7 Å². The maximum atomic E-state index is 11.9. The highest BCUT2D eigenvalue weighted by Crippen LogP contribution is 2.30. The lowest BCUT2D eigenvalue weighted by atomic mass is 10.2. The Morgan fingerprint density at radius 2 is 2.19 bits per heavy atom. The molecular formula is C17H24ClN3O5S. The number of halogens is 1. The molecule has 10 heteroatoms. The minimum Gasteiger partial charge on any atom is -0.449 e. The second-order valence-corrected chi connectivity index (χ2v) is 9.08. The van der Waals surface area contributed by atoms with E-state index >= 15 is 0 Å². The van der Waals surface area contributed by atoms with Crippen LogP contribution in [0.5, 0.6) is 0 Å². The maximum Gasteiger partial charge on any atom is 0.331 e. The third kappa shape index (κ3) is 5.55. The zero-order valence-corrected chi connectivity index (χ0v) is 17.1. The van der Waals surface area contributed by atoms with Crippen LogP contribution in [0.4, 0.5) is 0 Å². The van der Waals surface area contributed by atoms with E-state index in [2.05, 4.69) is 10.4 Å². The fourth-order valence-corrected chi connectivity index (χ4v) is 4.81. The molecule has 1 saturated heterocycles. The first-order valence-corrected chi connectivity index (χ1v) is 11.0. The molecule has 27 heavy (non-hydrogen) atoms. The van der Waals surface area contributed by atoms with Crippen molar-refractivity contribution in [3.05, 3.63) is 22.5 Å². The molecule has 0 saturated carbocycles. The fraction of sp³-hybridized carbons (Fsp3) is 0.588. The van der Waals surface area contributed by atoms with Gasteiger partial charge in [0.25, 0.3) is 5.91 Å². The lowest BCUT2D eigenvalue weighted by Crippen LogP contribution is -2.35. The number of nitrogens with zero attached hydrogens (tertiary/aromatic N) is 2. The van der Waals surface area contributed by atoms with Gasteiger partial charge in [-0.05, 0) is 32.8 Å². The molecule has 0 radical (unpaired) electrons. The maximum absolute atomic E-state index is 11.9. The number of aryl methyl sites for hydroxylation is 1. The summed E-state index contributed by atoms with van der Waals surface area (Å²) in [5.41, 5.74) is 1.09.